The number of hydrogen-bond acceptors (Lipinski definition) is 3. The fraction of sp³-hybridized carbons (Fsp3) is 0.438. The van der Waals surface area contributed by atoms with E-state index in [0.29, 0.717) is 17.5 Å². The van der Waals surface area contributed by atoms with Crippen LogP contribution in [0.2, 0.25) is 0 Å². The van der Waals surface area contributed by atoms with Crippen molar-refractivity contribution in [1.82, 2.24) is 4.98 Å². The summed E-state index contributed by atoms with van der Waals surface area (Å²) in [7, 11) is 0. The lowest BCUT2D eigenvalue weighted by Gasteiger charge is -2.24. The topological polar surface area (TPSA) is 56.0 Å². The molecule has 1 aromatic heterocycles. The summed E-state index contributed by atoms with van der Waals surface area (Å²) >= 11 is 0. The van der Waals surface area contributed by atoms with Gasteiger partial charge >= 0.3 is 0 Å². The number of carbonyl (C=O) groups excluding carboxylic acids is 1. The maximum Gasteiger partial charge on any atom is 0.270 e. The summed E-state index contributed by atoms with van der Waals surface area (Å²) in [4.78, 5) is 17.4. The Bertz CT molecular complexity index is 1180. The molecule has 1 aromatic carbocycles. The number of halogens is 2. The summed E-state index contributed by atoms with van der Waals surface area (Å²) < 4.78 is 27.3. The van der Waals surface area contributed by atoms with E-state index in [1.54, 1.807) is 6.20 Å². The van der Waals surface area contributed by atoms with Crippen LogP contribution in [0.25, 0.3) is 5.57 Å². The summed E-state index contributed by atoms with van der Waals surface area (Å²) in [5.41, 5.74) is 11.6. The fourth-order valence-corrected chi connectivity index (χ4v) is 5.76. The average molecular weight is 505 g/mol. The highest BCUT2D eigenvalue weighted by molar-refractivity contribution is 5.97. The van der Waals surface area contributed by atoms with Gasteiger partial charge in [0.1, 0.15) is 5.82 Å². The number of anilines is 1. The molecule has 196 valence electrons. The SMILES string of the molecule is C/C=C(/c1ccc(C(C)(F)F)cc1)C1CCC=C(C(=O)C2CCC(=CCc3ccnc(N)c3)CC2)CC1. The van der Waals surface area contributed by atoms with E-state index >= 15 is 0 Å². The first-order chi connectivity index (χ1) is 17.7. The van der Waals surface area contributed by atoms with Crippen LogP contribution in [-0.4, -0.2) is 10.8 Å². The van der Waals surface area contributed by atoms with Crippen LogP contribution in [0.15, 0.2) is 72.0 Å². The van der Waals surface area contributed by atoms with Gasteiger partial charge in [-0.15, -0.1) is 0 Å². The third-order valence-corrected chi connectivity index (χ3v) is 7.93. The highest BCUT2D eigenvalue weighted by Crippen LogP contribution is 2.38. The van der Waals surface area contributed by atoms with Crippen molar-refractivity contribution in [1.29, 1.82) is 0 Å². The number of alkyl halides is 2. The van der Waals surface area contributed by atoms with E-state index in [1.165, 1.54) is 23.3 Å². The predicted octanol–water partition coefficient (Wildman–Crippen LogP) is 8.22. The van der Waals surface area contributed by atoms with Crippen LogP contribution in [0.4, 0.5) is 14.6 Å². The van der Waals surface area contributed by atoms with Crippen LogP contribution in [0.1, 0.15) is 81.9 Å². The number of nitrogens with two attached hydrogens (primary N) is 1. The molecule has 0 radical (unpaired) electrons. The Morgan fingerprint density at radius 3 is 2.41 bits per heavy atom. The van der Waals surface area contributed by atoms with E-state index in [0.717, 1.165) is 81.4 Å². The van der Waals surface area contributed by atoms with Gasteiger partial charge in [0.15, 0.2) is 5.78 Å². The lowest BCUT2D eigenvalue weighted by Crippen LogP contribution is -2.20. The van der Waals surface area contributed by atoms with Crippen LogP contribution in [0, 0.1) is 11.8 Å². The molecule has 2 aliphatic rings. The zero-order valence-electron chi connectivity index (χ0n) is 22.0. The Morgan fingerprint density at radius 2 is 1.76 bits per heavy atom. The smallest absolute Gasteiger partial charge is 0.270 e. The number of Topliss-reactive ketones (excluding diaryl/α,β-unsaturated/α-hetero) is 1. The first-order valence-corrected chi connectivity index (χ1v) is 13.5. The number of pyridine rings is 1. The fourth-order valence-electron chi connectivity index (χ4n) is 5.76. The Morgan fingerprint density at radius 1 is 1.05 bits per heavy atom. The van der Waals surface area contributed by atoms with Crippen molar-refractivity contribution >= 4 is 17.2 Å². The van der Waals surface area contributed by atoms with Gasteiger partial charge in [0.05, 0.1) is 0 Å². The number of aromatic nitrogens is 1. The third kappa shape index (κ3) is 7.03. The van der Waals surface area contributed by atoms with Crippen molar-refractivity contribution < 1.29 is 13.6 Å². The van der Waals surface area contributed by atoms with Crippen molar-refractivity contribution in [2.75, 3.05) is 5.73 Å². The van der Waals surface area contributed by atoms with Gasteiger partial charge in [-0.2, -0.15) is 0 Å². The van der Waals surface area contributed by atoms with Crippen LogP contribution < -0.4 is 5.73 Å². The summed E-state index contributed by atoms with van der Waals surface area (Å²) in [6, 6.07) is 10.6. The molecule has 5 heteroatoms. The molecule has 0 bridgehead atoms. The normalized spacial score (nSPS) is 21.2. The van der Waals surface area contributed by atoms with Crippen molar-refractivity contribution in [2.45, 2.75) is 77.6 Å². The van der Waals surface area contributed by atoms with Gasteiger partial charge in [0.2, 0.25) is 0 Å². The van der Waals surface area contributed by atoms with E-state index in [4.69, 9.17) is 5.73 Å². The van der Waals surface area contributed by atoms with Crippen LogP contribution in [-0.2, 0) is 17.1 Å². The number of rotatable bonds is 7. The molecule has 0 amide bonds. The van der Waals surface area contributed by atoms with Gasteiger partial charge in [0.25, 0.3) is 5.92 Å². The highest BCUT2D eigenvalue weighted by atomic mass is 19.3. The minimum absolute atomic E-state index is 0.0367. The van der Waals surface area contributed by atoms with E-state index in [-0.39, 0.29) is 11.5 Å². The summed E-state index contributed by atoms with van der Waals surface area (Å²) in [6.07, 6.45) is 16.5. The molecule has 0 aliphatic heterocycles. The molecule has 4 rings (SSSR count). The first-order valence-electron chi connectivity index (χ1n) is 13.5. The number of allylic oxidation sites excluding steroid dienone is 6. The molecule has 0 spiro atoms. The maximum atomic E-state index is 13.6. The number of carbonyl (C=O) groups is 1. The molecule has 0 saturated heterocycles. The Labute approximate surface area is 219 Å². The van der Waals surface area contributed by atoms with E-state index < -0.39 is 5.92 Å². The molecule has 37 heavy (non-hydrogen) atoms. The van der Waals surface area contributed by atoms with Crippen LogP contribution >= 0.6 is 0 Å². The zero-order chi connectivity index (χ0) is 26.4. The average Bonchev–Trinajstić information content (AvgIpc) is 3.14. The summed E-state index contributed by atoms with van der Waals surface area (Å²) in [5.74, 6) is -1.52. The largest absolute Gasteiger partial charge is 0.384 e. The van der Waals surface area contributed by atoms with Gasteiger partial charge in [0, 0.05) is 24.6 Å². The maximum absolute atomic E-state index is 13.6. The molecule has 1 heterocycles. The van der Waals surface area contributed by atoms with Gasteiger partial charge in [-0.3, -0.25) is 4.79 Å². The summed E-state index contributed by atoms with van der Waals surface area (Å²) in [5, 5.41) is 0. The molecular formula is C32H38F2N2O. The number of nitrogens with zero attached hydrogens (tertiary/aromatic N) is 1. The second-order valence-corrected chi connectivity index (χ2v) is 10.5. The van der Waals surface area contributed by atoms with Crippen LogP contribution in [0.3, 0.4) is 0 Å². The second kappa shape index (κ2) is 12.0. The number of ketones is 1. The molecule has 2 aromatic rings. The van der Waals surface area contributed by atoms with E-state index in [1.807, 2.05) is 31.2 Å². The standard InChI is InChI=1S/C32H38F2N2O/c1-3-29(25-15-17-28(18-16-25)32(2,33)34)24-5-4-6-26(14-13-24)31(37)27-11-9-22(10-12-27)7-8-23-19-20-36-30(35)21-23/h3,6-7,15-21,24,27H,4-5,8-14H2,1-2H3,(H2,35,36)/b22-7?,29-3+. The number of hydrogen-bond donors (Lipinski definition) is 1. The quantitative estimate of drug-likeness (QED) is 0.386. The minimum atomic E-state index is -2.83. The van der Waals surface area contributed by atoms with Crippen molar-refractivity contribution in [3.63, 3.8) is 0 Å². The highest BCUT2D eigenvalue weighted by Gasteiger charge is 2.28. The molecule has 3 nitrogen and oxygen atoms in total. The van der Waals surface area contributed by atoms with Gasteiger partial charge in [-0.05, 0) is 105 Å². The molecule has 2 N–H and O–H groups in total. The number of benzene rings is 1. The van der Waals surface area contributed by atoms with Crippen molar-refractivity contribution in [3.05, 3.63) is 88.7 Å². The Hall–Kier alpha value is -3.08. The molecule has 1 fully saturated rings. The minimum Gasteiger partial charge on any atom is -0.384 e. The van der Waals surface area contributed by atoms with E-state index in [9.17, 15) is 13.6 Å². The van der Waals surface area contributed by atoms with E-state index in [2.05, 4.69) is 23.2 Å². The molecular weight excluding hydrogens is 466 g/mol. The van der Waals surface area contributed by atoms with Gasteiger partial charge in [-0.1, -0.05) is 48.1 Å². The summed E-state index contributed by atoms with van der Waals surface area (Å²) in [6.45, 7) is 2.94. The second-order valence-electron chi connectivity index (χ2n) is 10.5. The molecule has 2 aliphatic carbocycles. The monoisotopic (exact) mass is 504 g/mol. The van der Waals surface area contributed by atoms with Gasteiger partial charge < -0.3 is 5.73 Å². The first kappa shape index (κ1) is 27.0. The number of nitrogen functional groups attached to an aromatic ring is 1. The molecule has 1 atom stereocenters. The lowest BCUT2D eigenvalue weighted by molar-refractivity contribution is -0.120. The zero-order valence-corrected chi connectivity index (χ0v) is 22.0. The molecule has 1 saturated carbocycles. The van der Waals surface area contributed by atoms with Crippen LogP contribution in [0.5, 0.6) is 0 Å². The third-order valence-electron chi connectivity index (χ3n) is 7.93. The predicted molar refractivity (Wildman–Crippen MR) is 147 cm³/mol. The molecule has 1 unspecified atom stereocenters. The van der Waals surface area contributed by atoms with Crippen molar-refractivity contribution in [2.24, 2.45) is 11.8 Å². The Kier molecular flexibility index (Phi) is 8.73. The van der Waals surface area contributed by atoms with Gasteiger partial charge in [-0.25, -0.2) is 13.8 Å². The lowest BCUT2D eigenvalue weighted by atomic mass is 9.80. The Balaban J connectivity index is 1.31. The van der Waals surface area contributed by atoms with Crippen molar-refractivity contribution in [3.8, 4) is 0 Å².